The predicted molar refractivity (Wildman–Crippen MR) is 76.8 cm³/mol. The molecule has 0 radical (unpaired) electrons. The van der Waals surface area contributed by atoms with Crippen molar-refractivity contribution in [2.24, 2.45) is 0 Å². The molecule has 0 saturated carbocycles. The summed E-state index contributed by atoms with van der Waals surface area (Å²) in [6.45, 7) is 2.57. The zero-order valence-electron chi connectivity index (χ0n) is 11.8. The number of carbonyl (C=O) groups is 1. The van der Waals surface area contributed by atoms with Gasteiger partial charge in [0.05, 0.1) is 0 Å². The largest absolute Gasteiger partial charge is 0.425 e. The van der Waals surface area contributed by atoms with Gasteiger partial charge in [0, 0.05) is 24.6 Å². The van der Waals surface area contributed by atoms with Gasteiger partial charge in [-0.2, -0.15) is 0 Å². The Morgan fingerprint density at radius 3 is 2.57 bits per heavy atom. The van der Waals surface area contributed by atoms with Crippen molar-refractivity contribution >= 4 is 5.97 Å². The van der Waals surface area contributed by atoms with Crippen LogP contribution >= 0.6 is 0 Å². The molecule has 1 aromatic heterocycles. The average Bonchev–Trinajstić information content (AvgIpc) is 3.03. The number of carbonyl (C=O) groups excluding carboxylic acids is 1. The standard InChI is InChI=1S/C16H16N2O3/c1-11-9-17-15(18-10-11)12-4-6-13(7-5-12)21-16(19)14-3-2-8-20-14/h4-7,9-10,14H,2-3,8H2,1H3. The highest BCUT2D eigenvalue weighted by molar-refractivity contribution is 5.77. The van der Waals surface area contributed by atoms with E-state index in [-0.39, 0.29) is 5.97 Å². The SMILES string of the molecule is Cc1cnc(-c2ccc(OC(=O)C3CCCO3)cc2)nc1. The highest BCUT2D eigenvalue weighted by Crippen LogP contribution is 2.21. The van der Waals surface area contributed by atoms with Gasteiger partial charge in [-0.25, -0.2) is 14.8 Å². The first-order valence-electron chi connectivity index (χ1n) is 6.95. The van der Waals surface area contributed by atoms with Crippen molar-refractivity contribution in [3.8, 4) is 17.1 Å². The third-order valence-corrected chi connectivity index (χ3v) is 3.30. The fourth-order valence-electron chi connectivity index (χ4n) is 2.16. The Balaban J connectivity index is 1.69. The number of nitrogens with zero attached hydrogens (tertiary/aromatic N) is 2. The molecular formula is C16H16N2O3. The zero-order chi connectivity index (χ0) is 14.7. The smallest absolute Gasteiger partial charge is 0.340 e. The van der Waals surface area contributed by atoms with E-state index in [9.17, 15) is 4.79 Å². The van der Waals surface area contributed by atoms with Crippen LogP contribution in [0.1, 0.15) is 18.4 Å². The number of hydrogen-bond donors (Lipinski definition) is 0. The van der Waals surface area contributed by atoms with Gasteiger partial charge >= 0.3 is 5.97 Å². The van der Waals surface area contributed by atoms with E-state index < -0.39 is 6.10 Å². The summed E-state index contributed by atoms with van der Waals surface area (Å²) in [4.78, 5) is 20.4. The molecule has 0 aliphatic carbocycles. The van der Waals surface area contributed by atoms with E-state index in [1.54, 1.807) is 24.5 Å². The van der Waals surface area contributed by atoms with E-state index in [1.807, 2.05) is 19.1 Å². The molecule has 3 rings (SSSR count). The normalized spacial score (nSPS) is 17.7. The molecular weight excluding hydrogens is 268 g/mol. The minimum atomic E-state index is -0.426. The monoisotopic (exact) mass is 284 g/mol. The summed E-state index contributed by atoms with van der Waals surface area (Å²) >= 11 is 0. The molecule has 108 valence electrons. The summed E-state index contributed by atoms with van der Waals surface area (Å²) in [5.41, 5.74) is 1.90. The van der Waals surface area contributed by atoms with Crippen molar-refractivity contribution in [1.29, 1.82) is 0 Å². The van der Waals surface area contributed by atoms with Gasteiger partial charge in [-0.3, -0.25) is 0 Å². The molecule has 5 heteroatoms. The van der Waals surface area contributed by atoms with Crippen LogP contribution in [0, 0.1) is 6.92 Å². The second-order valence-corrected chi connectivity index (χ2v) is 5.03. The third-order valence-electron chi connectivity index (χ3n) is 3.30. The number of aromatic nitrogens is 2. The maximum Gasteiger partial charge on any atom is 0.340 e. The molecule has 0 spiro atoms. The fourth-order valence-corrected chi connectivity index (χ4v) is 2.16. The Hall–Kier alpha value is -2.27. The summed E-state index contributed by atoms with van der Waals surface area (Å²) in [5.74, 6) is 0.829. The summed E-state index contributed by atoms with van der Waals surface area (Å²) in [7, 11) is 0. The summed E-state index contributed by atoms with van der Waals surface area (Å²) in [6.07, 6.45) is 4.75. The number of benzene rings is 1. The first-order valence-corrected chi connectivity index (χ1v) is 6.95. The molecule has 0 N–H and O–H groups in total. The Labute approximate surface area is 123 Å². The van der Waals surface area contributed by atoms with Gasteiger partial charge in [-0.1, -0.05) is 0 Å². The van der Waals surface area contributed by atoms with Crippen LogP contribution < -0.4 is 4.74 Å². The topological polar surface area (TPSA) is 61.3 Å². The van der Waals surface area contributed by atoms with Gasteiger partial charge in [0.15, 0.2) is 11.9 Å². The van der Waals surface area contributed by atoms with Crippen LogP contribution in [-0.4, -0.2) is 28.6 Å². The summed E-state index contributed by atoms with van der Waals surface area (Å²) < 4.78 is 10.6. The van der Waals surface area contributed by atoms with E-state index in [0.29, 0.717) is 18.2 Å². The maximum absolute atomic E-state index is 11.8. The van der Waals surface area contributed by atoms with Crippen LogP contribution in [0.25, 0.3) is 11.4 Å². The van der Waals surface area contributed by atoms with E-state index >= 15 is 0 Å². The van der Waals surface area contributed by atoms with Crippen molar-refractivity contribution in [3.63, 3.8) is 0 Å². The lowest BCUT2D eigenvalue weighted by Crippen LogP contribution is -2.24. The van der Waals surface area contributed by atoms with Crippen LogP contribution in [0.5, 0.6) is 5.75 Å². The van der Waals surface area contributed by atoms with E-state index in [0.717, 1.165) is 24.0 Å². The van der Waals surface area contributed by atoms with Crippen LogP contribution in [0.15, 0.2) is 36.7 Å². The number of rotatable bonds is 3. The van der Waals surface area contributed by atoms with Crippen molar-refractivity contribution in [1.82, 2.24) is 9.97 Å². The van der Waals surface area contributed by atoms with Gasteiger partial charge in [0.1, 0.15) is 5.75 Å². The predicted octanol–water partition coefficient (Wildman–Crippen LogP) is 2.54. The molecule has 1 aromatic carbocycles. The number of aryl methyl sites for hydroxylation is 1. The molecule has 1 atom stereocenters. The first kappa shape index (κ1) is 13.7. The van der Waals surface area contributed by atoms with Crippen molar-refractivity contribution in [3.05, 3.63) is 42.2 Å². The molecule has 2 aromatic rings. The minimum absolute atomic E-state index is 0.327. The Morgan fingerprint density at radius 1 is 1.24 bits per heavy atom. The lowest BCUT2D eigenvalue weighted by Gasteiger charge is -2.09. The lowest BCUT2D eigenvalue weighted by molar-refractivity contribution is -0.144. The van der Waals surface area contributed by atoms with Gasteiger partial charge in [-0.05, 0) is 49.6 Å². The Morgan fingerprint density at radius 2 is 1.95 bits per heavy atom. The second-order valence-electron chi connectivity index (χ2n) is 5.03. The molecule has 5 nitrogen and oxygen atoms in total. The maximum atomic E-state index is 11.8. The first-order chi connectivity index (χ1) is 10.2. The van der Waals surface area contributed by atoms with E-state index in [1.165, 1.54) is 0 Å². The third kappa shape index (κ3) is 3.25. The molecule has 1 unspecified atom stereocenters. The molecule has 2 heterocycles. The zero-order valence-corrected chi connectivity index (χ0v) is 11.8. The van der Waals surface area contributed by atoms with E-state index in [2.05, 4.69) is 9.97 Å². The molecule has 0 amide bonds. The van der Waals surface area contributed by atoms with Gasteiger partial charge < -0.3 is 9.47 Å². The lowest BCUT2D eigenvalue weighted by atomic mass is 10.2. The number of ether oxygens (including phenoxy) is 2. The molecule has 0 bridgehead atoms. The number of hydrogen-bond acceptors (Lipinski definition) is 5. The molecule has 21 heavy (non-hydrogen) atoms. The molecule has 1 aliphatic heterocycles. The minimum Gasteiger partial charge on any atom is -0.425 e. The fraction of sp³-hybridized carbons (Fsp3) is 0.312. The van der Waals surface area contributed by atoms with Crippen LogP contribution in [0.3, 0.4) is 0 Å². The summed E-state index contributed by atoms with van der Waals surface area (Å²) in [6, 6.07) is 7.16. The molecule has 1 aliphatic rings. The van der Waals surface area contributed by atoms with Crippen molar-refractivity contribution in [2.45, 2.75) is 25.9 Å². The number of esters is 1. The average molecular weight is 284 g/mol. The van der Waals surface area contributed by atoms with Crippen molar-refractivity contribution in [2.75, 3.05) is 6.61 Å². The quantitative estimate of drug-likeness (QED) is 0.640. The van der Waals surface area contributed by atoms with Crippen LogP contribution in [-0.2, 0) is 9.53 Å². The Bertz CT molecular complexity index is 617. The highest BCUT2D eigenvalue weighted by Gasteiger charge is 2.25. The van der Waals surface area contributed by atoms with E-state index in [4.69, 9.17) is 9.47 Å². The Kier molecular flexibility index (Phi) is 3.92. The highest BCUT2D eigenvalue weighted by atomic mass is 16.6. The van der Waals surface area contributed by atoms with Gasteiger partial charge in [0.25, 0.3) is 0 Å². The molecule has 1 saturated heterocycles. The summed E-state index contributed by atoms with van der Waals surface area (Å²) in [5, 5.41) is 0. The van der Waals surface area contributed by atoms with Crippen LogP contribution in [0.2, 0.25) is 0 Å². The second kappa shape index (κ2) is 6.01. The van der Waals surface area contributed by atoms with Gasteiger partial charge in [-0.15, -0.1) is 0 Å². The molecule has 1 fully saturated rings. The van der Waals surface area contributed by atoms with Crippen LogP contribution in [0.4, 0.5) is 0 Å². The van der Waals surface area contributed by atoms with Crippen molar-refractivity contribution < 1.29 is 14.3 Å². The van der Waals surface area contributed by atoms with Gasteiger partial charge in [0.2, 0.25) is 0 Å².